The van der Waals surface area contributed by atoms with E-state index < -0.39 is 0 Å². The number of hydrogen-bond donors (Lipinski definition) is 1. The average Bonchev–Trinajstić information content (AvgIpc) is 3.20. The number of hydrogen-bond acceptors (Lipinski definition) is 4. The number of para-hydroxylation sites is 1. The molecular formula is C22H21ClN4O. The lowest BCUT2D eigenvalue weighted by atomic mass is 10.0. The number of pyridine rings is 1. The topological polar surface area (TPSA) is 54.0 Å². The van der Waals surface area contributed by atoms with Gasteiger partial charge in [-0.25, -0.2) is 4.98 Å². The van der Waals surface area contributed by atoms with Gasteiger partial charge >= 0.3 is 0 Å². The number of benzene rings is 2. The van der Waals surface area contributed by atoms with Crippen LogP contribution in [0.4, 0.5) is 0 Å². The zero-order valence-corrected chi connectivity index (χ0v) is 16.6. The molecule has 0 fully saturated rings. The van der Waals surface area contributed by atoms with Gasteiger partial charge in [0.15, 0.2) is 0 Å². The Bertz CT molecular complexity index is 1100. The SMILES string of the molecule is COc1ccccc1-c1nc2cc(Cl)ccc2cc1CN(C)Cc1ccn[nH]1. The van der Waals surface area contributed by atoms with Crippen LogP contribution in [-0.4, -0.2) is 34.2 Å². The molecule has 0 spiro atoms. The van der Waals surface area contributed by atoms with E-state index in [9.17, 15) is 0 Å². The van der Waals surface area contributed by atoms with E-state index >= 15 is 0 Å². The predicted molar refractivity (Wildman–Crippen MR) is 112 cm³/mol. The van der Waals surface area contributed by atoms with Crippen LogP contribution in [0.3, 0.4) is 0 Å². The van der Waals surface area contributed by atoms with Gasteiger partial charge in [0.05, 0.1) is 18.3 Å². The molecule has 28 heavy (non-hydrogen) atoms. The van der Waals surface area contributed by atoms with Gasteiger partial charge in [-0.3, -0.25) is 10.00 Å². The molecule has 0 atom stereocenters. The zero-order valence-electron chi connectivity index (χ0n) is 15.8. The standard InChI is InChI=1S/C22H21ClN4O/c1-27(14-18-9-10-24-26-18)13-16-11-15-7-8-17(23)12-20(15)25-22(16)19-5-3-4-6-21(19)28-2/h3-12H,13-14H2,1-2H3,(H,24,26). The second-order valence-electron chi connectivity index (χ2n) is 6.79. The maximum atomic E-state index is 6.20. The third-order valence-electron chi connectivity index (χ3n) is 4.66. The Labute approximate surface area is 168 Å². The molecule has 4 aromatic rings. The minimum absolute atomic E-state index is 0.676. The van der Waals surface area contributed by atoms with Gasteiger partial charge in [-0.1, -0.05) is 29.8 Å². The molecule has 6 heteroatoms. The lowest BCUT2D eigenvalue weighted by Gasteiger charge is -2.19. The van der Waals surface area contributed by atoms with Crippen LogP contribution in [0.15, 0.2) is 60.8 Å². The molecule has 1 N–H and O–H groups in total. The number of ether oxygens (including phenoxy) is 1. The van der Waals surface area contributed by atoms with Crippen LogP contribution in [0.2, 0.25) is 5.02 Å². The van der Waals surface area contributed by atoms with Gasteiger partial charge < -0.3 is 4.74 Å². The lowest BCUT2D eigenvalue weighted by Crippen LogP contribution is -2.18. The smallest absolute Gasteiger partial charge is 0.128 e. The van der Waals surface area contributed by atoms with E-state index in [1.54, 1.807) is 13.3 Å². The van der Waals surface area contributed by atoms with Crippen LogP contribution >= 0.6 is 11.6 Å². The van der Waals surface area contributed by atoms with Gasteiger partial charge in [0, 0.05) is 41.0 Å². The normalized spacial score (nSPS) is 11.3. The lowest BCUT2D eigenvalue weighted by molar-refractivity contribution is 0.315. The number of aromatic nitrogens is 3. The van der Waals surface area contributed by atoms with Gasteiger partial charge in [-0.15, -0.1) is 0 Å². The Balaban J connectivity index is 1.79. The van der Waals surface area contributed by atoms with E-state index in [1.807, 2.05) is 48.5 Å². The fourth-order valence-electron chi connectivity index (χ4n) is 3.39. The summed E-state index contributed by atoms with van der Waals surface area (Å²) in [4.78, 5) is 7.18. The fourth-order valence-corrected chi connectivity index (χ4v) is 3.55. The molecule has 0 saturated heterocycles. The predicted octanol–water partition coefficient (Wildman–Crippen LogP) is 4.92. The van der Waals surface area contributed by atoms with Crippen LogP contribution in [0, 0.1) is 0 Å². The van der Waals surface area contributed by atoms with Gasteiger partial charge in [-0.2, -0.15) is 5.10 Å². The second-order valence-corrected chi connectivity index (χ2v) is 7.22. The number of H-pyrrole nitrogens is 1. The highest BCUT2D eigenvalue weighted by atomic mass is 35.5. The van der Waals surface area contributed by atoms with Crippen molar-refractivity contribution in [2.24, 2.45) is 0 Å². The van der Waals surface area contributed by atoms with Gasteiger partial charge in [-0.05, 0) is 49.0 Å². The molecule has 2 heterocycles. The molecular weight excluding hydrogens is 372 g/mol. The van der Waals surface area contributed by atoms with Crippen molar-refractivity contribution in [3.8, 4) is 17.0 Å². The van der Waals surface area contributed by atoms with Crippen molar-refractivity contribution in [3.63, 3.8) is 0 Å². The third kappa shape index (κ3) is 3.86. The summed E-state index contributed by atoms with van der Waals surface area (Å²) in [5.74, 6) is 0.800. The number of halogens is 1. The minimum atomic E-state index is 0.676. The summed E-state index contributed by atoms with van der Waals surface area (Å²) in [5, 5.41) is 8.78. The quantitative estimate of drug-likeness (QED) is 0.506. The van der Waals surface area contributed by atoms with E-state index in [1.165, 1.54) is 0 Å². The third-order valence-corrected chi connectivity index (χ3v) is 4.89. The number of methoxy groups -OCH3 is 1. The van der Waals surface area contributed by atoms with E-state index in [-0.39, 0.29) is 0 Å². The molecule has 4 rings (SSSR count). The van der Waals surface area contributed by atoms with Crippen LogP contribution in [0.5, 0.6) is 5.75 Å². The summed E-state index contributed by atoms with van der Waals surface area (Å²) in [6.07, 6.45) is 1.77. The van der Waals surface area contributed by atoms with Gasteiger partial charge in [0.25, 0.3) is 0 Å². The van der Waals surface area contributed by atoms with Gasteiger partial charge in [0.2, 0.25) is 0 Å². The maximum Gasteiger partial charge on any atom is 0.128 e. The highest BCUT2D eigenvalue weighted by molar-refractivity contribution is 6.31. The molecule has 142 valence electrons. The molecule has 5 nitrogen and oxygen atoms in total. The molecule has 0 radical (unpaired) electrons. The summed E-state index contributed by atoms with van der Waals surface area (Å²) in [5.41, 5.74) is 4.94. The van der Waals surface area contributed by atoms with Crippen LogP contribution in [-0.2, 0) is 13.1 Å². The highest BCUT2D eigenvalue weighted by Gasteiger charge is 2.15. The Morgan fingerprint density at radius 3 is 2.71 bits per heavy atom. The van der Waals surface area contributed by atoms with E-state index in [0.29, 0.717) is 5.02 Å². The van der Waals surface area contributed by atoms with Crippen molar-refractivity contribution >= 4 is 22.5 Å². The van der Waals surface area contributed by atoms with Crippen molar-refractivity contribution in [2.75, 3.05) is 14.2 Å². The average molecular weight is 393 g/mol. The molecule has 0 aliphatic carbocycles. The summed E-state index contributed by atoms with van der Waals surface area (Å²) < 4.78 is 5.59. The minimum Gasteiger partial charge on any atom is -0.496 e. The van der Waals surface area contributed by atoms with E-state index in [2.05, 4.69) is 28.2 Å². The van der Waals surface area contributed by atoms with Crippen LogP contribution < -0.4 is 4.74 Å². The Morgan fingerprint density at radius 2 is 1.93 bits per heavy atom. The van der Waals surface area contributed by atoms with E-state index in [4.69, 9.17) is 21.3 Å². The van der Waals surface area contributed by atoms with Crippen LogP contribution in [0.25, 0.3) is 22.2 Å². The van der Waals surface area contributed by atoms with Crippen molar-refractivity contribution in [2.45, 2.75) is 13.1 Å². The molecule has 2 aromatic heterocycles. The van der Waals surface area contributed by atoms with Crippen molar-refractivity contribution in [1.82, 2.24) is 20.1 Å². The van der Waals surface area contributed by atoms with Crippen molar-refractivity contribution in [1.29, 1.82) is 0 Å². The highest BCUT2D eigenvalue weighted by Crippen LogP contribution is 2.33. The Kier molecular flexibility index (Phi) is 5.28. The molecule has 0 bridgehead atoms. The van der Waals surface area contributed by atoms with Crippen LogP contribution in [0.1, 0.15) is 11.3 Å². The first-order valence-electron chi connectivity index (χ1n) is 9.03. The first-order valence-corrected chi connectivity index (χ1v) is 9.41. The fraction of sp³-hybridized carbons (Fsp3) is 0.182. The van der Waals surface area contributed by atoms with Gasteiger partial charge in [0.1, 0.15) is 5.75 Å². The zero-order chi connectivity index (χ0) is 19.5. The molecule has 0 saturated carbocycles. The number of rotatable bonds is 6. The number of fused-ring (bicyclic) bond motifs is 1. The maximum absolute atomic E-state index is 6.20. The largest absolute Gasteiger partial charge is 0.496 e. The number of aromatic amines is 1. The molecule has 0 amide bonds. The summed E-state index contributed by atoms with van der Waals surface area (Å²) in [6, 6.07) is 17.9. The monoisotopic (exact) mass is 392 g/mol. The molecule has 0 aliphatic rings. The molecule has 0 unspecified atom stereocenters. The second kappa shape index (κ2) is 8.00. The number of nitrogens with zero attached hydrogens (tertiary/aromatic N) is 3. The van der Waals surface area contributed by atoms with Crippen molar-refractivity contribution in [3.05, 3.63) is 77.1 Å². The van der Waals surface area contributed by atoms with Crippen molar-refractivity contribution < 1.29 is 4.74 Å². The van der Waals surface area contributed by atoms with E-state index in [0.717, 1.165) is 52.3 Å². The first kappa shape index (κ1) is 18.5. The molecule has 2 aromatic carbocycles. The summed E-state index contributed by atoms with van der Waals surface area (Å²) >= 11 is 6.20. The summed E-state index contributed by atoms with van der Waals surface area (Å²) in [6.45, 7) is 1.50. The Hall–Kier alpha value is -2.89. The first-order chi connectivity index (χ1) is 13.6. The number of nitrogens with one attached hydrogen (secondary N) is 1. The molecule has 0 aliphatic heterocycles. The Morgan fingerprint density at radius 1 is 1.07 bits per heavy atom. The summed E-state index contributed by atoms with van der Waals surface area (Å²) in [7, 11) is 3.76.